The first-order valence-corrected chi connectivity index (χ1v) is 4.52. The maximum Gasteiger partial charge on any atom is 0.221 e. The Morgan fingerprint density at radius 2 is 1.87 bits per heavy atom. The van der Waals surface area contributed by atoms with E-state index in [-0.39, 0.29) is 12.4 Å². The highest BCUT2D eigenvalue weighted by atomic mass is 35.5. The summed E-state index contributed by atoms with van der Waals surface area (Å²) in [6.07, 6.45) is 3.93. The van der Waals surface area contributed by atoms with Crippen molar-refractivity contribution in [3.63, 3.8) is 0 Å². The van der Waals surface area contributed by atoms with Crippen LogP contribution in [0, 0.1) is 0 Å². The molecule has 0 atom stereocenters. The van der Waals surface area contributed by atoms with Crippen molar-refractivity contribution in [3.8, 4) is 11.5 Å². The molecule has 1 aliphatic heterocycles. The van der Waals surface area contributed by atoms with Crippen LogP contribution in [-0.4, -0.2) is 27.0 Å². The third-order valence-corrected chi connectivity index (χ3v) is 2.30. The molecule has 0 saturated carbocycles. The standard InChI is InChI=1S/C11H12NO2.ClH/c1-13-10-5-8-3-4-12-7-9(8)6-11(10)14-2;/h5-6H,3-4H2,1-2H3;1H/q+1;/p-1. The Kier molecular flexibility index (Phi) is 3.89. The van der Waals surface area contributed by atoms with Gasteiger partial charge in [0.05, 0.1) is 26.3 Å². The minimum atomic E-state index is 0. The van der Waals surface area contributed by atoms with Gasteiger partial charge in [0.2, 0.25) is 11.3 Å². The van der Waals surface area contributed by atoms with Crippen LogP contribution in [0.3, 0.4) is 0 Å². The topological polar surface area (TPSA) is 30.8 Å². The van der Waals surface area contributed by atoms with E-state index < -0.39 is 0 Å². The van der Waals surface area contributed by atoms with Crippen LogP contribution in [0.4, 0.5) is 0 Å². The van der Waals surface area contributed by atoms with E-state index >= 15 is 0 Å². The van der Waals surface area contributed by atoms with E-state index in [0.29, 0.717) is 0 Å². The Morgan fingerprint density at radius 3 is 2.53 bits per heavy atom. The fraction of sp³-hybridized carbons (Fsp3) is 0.364. The highest BCUT2D eigenvalue weighted by molar-refractivity contribution is 5.84. The van der Waals surface area contributed by atoms with Crippen LogP contribution in [0.5, 0.6) is 11.5 Å². The molecule has 0 unspecified atom stereocenters. The summed E-state index contributed by atoms with van der Waals surface area (Å²) in [5, 5.41) is 0. The normalized spacial score (nSPS) is 12.1. The maximum absolute atomic E-state index is 5.22. The van der Waals surface area contributed by atoms with Crippen molar-refractivity contribution in [2.75, 3.05) is 20.8 Å². The number of aliphatic imine (C=N–C) groups is 1. The number of nitrogens with zero attached hydrogens (tertiary/aromatic N) is 1. The Morgan fingerprint density at radius 1 is 1.20 bits per heavy atom. The van der Waals surface area contributed by atoms with Crippen molar-refractivity contribution in [1.82, 2.24) is 0 Å². The molecule has 3 nitrogen and oxygen atoms in total. The van der Waals surface area contributed by atoms with Gasteiger partial charge in [0.15, 0.2) is 12.0 Å². The van der Waals surface area contributed by atoms with Crippen LogP contribution in [-0.2, 0) is 6.42 Å². The molecule has 0 aromatic heterocycles. The van der Waals surface area contributed by atoms with Gasteiger partial charge >= 0.3 is 0 Å². The molecule has 1 aliphatic rings. The monoisotopic (exact) mass is 225 g/mol. The molecule has 4 heteroatoms. The van der Waals surface area contributed by atoms with Gasteiger partial charge in [-0.25, -0.2) is 0 Å². The molecule has 15 heavy (non-hydrogen) atoms. The first kappa shape index (κ1) is 11.8. The van der Waals surface area contributed by atoms with Gasteiger partial charge in [-0.15, -0.1) is 0 Å². The predicted molar refractivity (Wildman–Crippen MR) is 54.7 cm³/mol. The van der Waals surface area contributed by atoms with E-state index in [1.807, 2.05) is 12.1 Å². The molecular formula is C11H12ClNO2. The molecule has 0 radical (unpaired) electrons. The second kappa shape index (κ2) is 4.96. The van der Waals surface area contributed by atoms with Crippen molar-refractivity contribution >= 4 is 6.21 Å². The highest BCUT2D eigenvalue weighted by Crippen LogP contribution is 2.30. The van der Waals surface area contributed by atoms with Crippen molar-refractivity contribution in [2.24, 2.45) is 4.99 Å². The molecule has 0 spiro atoms. The third kappa shape index (κ3) is 2.20. The quantitative estimate of drug-likeness (QED) is 0.578. The Hall–Kier alpha value is -1.31. The molecule has 1 heterocycles. The first-order valence-electron chi connectivity index (χ1n) is 4.52. The Labute approximate surface area is 95.5 Å². The molecule has 0 bridgehead atoms. The third-order valence-electron chi connectivity index (χ3n) is 2.30. The van der Waals surface area contributed by atoms with Gasteiger partial charge in [0.1, 0.15) is 6.07 Å². The van der Waals surface area contributed by atoms with Gasteiger partial charge in [-0.05, 0) is 0 Å². The van der Waals surface area contributed by atoms with Gasteiger partial charge in [0, 0.05) is 12.5 Å². The second-order valence-corrected chi connectivity index (χ2v) is 3.11. The lowest BCUT2D eigenvalue weighted by Gasteiger charge is -2.07. The van der Waals surface area contributed by atoms with Gasteiger partial charge < -0.3 is 21.9 Å². The van der Waals surface area contributed by atoms with Gasteiger partial charge in [-0.3, -0.25) is 0 Å². The van der Waals surface area contributed by atoms with E-state index in [1.54, 1.807) is 14.2 Å². The van der Waals surface area contributed by atoms with Gasteiger partial charge in [-0.1, -0.05) is 0 Å². The zero-order valence-electron chi connectivity index (χ0n) is 8.71. The summed E-state index contributed by atoms with van der Waals surface area (Å²) < 4.78 is 10.4. The zero-order chi connectivity index (χ0) is 9.97. The average Bonchev–Trinajstić information content (AvgIpc) is 2.27. The number of rotatable bonds is 2. The second-order valence-electron chi connectivity index (χ2n) is 3.11. The van der Waals surface area contributed by atoms with Crippen LogP contribution in [0.1, 0.15) is 11.1 Å². The summed E-state index contributed by atoms with van der Waals surface area (Å²) in [5.41, 5.74) is 2.23. The Bertz CT molecular complexity index is 377. The summed E-state index contributed by atoms with van der Waals surface area (Å²) in [7, 11) is 3.27. The molecule has 0 aliphatic carbocycles. The minimum Gasteiger partial charge on any atom is -1.00 e. The van der Waals surface area contributed by atoms with E-state index in [1.165, 1.54) is 5.56 Å². The molecule has 2 rings (SSSR count). The summed E-state index contributed by atoms with van der Waals surface area (Å²) in [4.78, 5) is 4.10. The van der Waals surface area contributed by atoms with Crippen molar-refractivity contribution in [3.05, 3.63) is 23.3 Å². The number of halogens is 1. The SMILES string of the molecule is COc1cc2c(cc1OC)CCN=[C+]2.[Cl-]. The lowest BCUT2D eigenvalue weighted by Crippen LogP contribution is -3.00. The molecular weight excluding hydrogens is 214 g/mol. The van der Waals surface area contributed by atoms with Crippen LogP contribution >= 0.6 is 0 Å². The number of benzene rings is 1. The lowest BCUT2D eigenvalue weighted by molar-refractivity contribution is -0.00000339. The maximum atomic E-state index is 5.22. The number of hydrogen-bond donors (Lipinski definition) is 0. The predicted octanol–water partition coefficient (Wildman–Crippen LogP) is -1.44. The van der Waals surface area contributed by atoms with Crippen LogP contribution < -0.4 is 21.9 Å². The molecule has 0 amide bonds. The molecule has 0 fully saturated rings. The Balaban J connectivity index is 0.00000112. The van der Waals surface area contributed by atoms with Crippen LogP contribution in [0.2, 0.25) is 0 Å². The fourth-order valence-electron chi connectivity index (χ4n) is 1.55. The van der Waals surface area contributed by atoms with E-state index in [0.717, 1.165) is 30.0 Å². The van der Waals surface area contributed by atoms with Gasteiger partial charge in [-0.2, -0.15) is 4.99 Å². The van der Waals surface area contributed by atoms with Crippen LogP contribution in [0.15, 0.2) is 17.1 Å². The summed E-state index contributed by atoms with van der Waals surface area (Å²) in [6.45, 7) is 0.808. The first-order chi connectivity index (χ1) is 6.85. The van der Waals surface area contributed by atoms with E-state index in [2.05, 4.69) is 11.2 Å². The highest BCUT2D eigenvalue weighted by Gasteiger charge is 2.20. The van der Waals surface area contributed by atoms with Gasteiger partial charge in [0.25, 0.3) is 0 Å². The molecule has 1 aromatic rings. The smallest absolute Gasteiger partial charge is 0.221 e. The van der Waals surface area contributed by atoms with Crippen molar-refractivity contribution in [2.45, 2.75) is 6.42 Å². The molecule has 80 valence electrons. The summed E-state index contributed by atoms with van der Waals surface area (Å²) >= 11 is 0. The van der Waals surface area contributed by atoms with E-state index in [9.17, 15) is 0 Å². The van der Waals surface area contributed by atoms with E-state index in [4.69, 9.17) is 9.47 Å². The lowest BCUT2D eigenvalue weighted by atomic mass is 10.0. The molecule has 0 N–H and O–H groups in total. The largest absolute Gasteiger partial charge is 1.00 e. The van der Waals surface area contributed by atoms with Crippen molar-refractivity contribution < 1.29 is 21.9 Å². The molecule has 1 aromatic carbocycles. The number of fused-ring (bicyclic) bond motifs is 1. The summed E-state index contributed by atoms with van der Waals surface area (Å²) in [5.74, 6) is 1.51. The molecule has 0 saturated heterocycles. The fourth-order valence-corrected chi connectivity index (χ4v) is 1.55. The van der Waals surface area contributed by atoms with Crippen LogP contribution in [0.25, 0.3) is 0 Å². The minimum absolute atomic E-state index is 0. The number of ether oxygens (including phenoxy) is 2. The zero-order valence-corrected chi connectivity index (χ0v) is 9.47. The van der Waals surface area contributed by atoms with Crippen molar-refractivity contribution in [1.29, 1.82) is 0 Å². The number of methoxy groups -OCH3 is 2. The summed E-state index contributed by atoms with van der Waals surface area (Å²) in [6, 6.07) is 3.91. The number of hydrogen-bond acceptors (Lipinski definition) is 3. The average molecular weight is 226 g/mol.